The summed E-state index contributed by atoms with van der Waals surface area (Å²) >= 11 is 0. The van der Waals surface area contributed by atoms with Gasteiger partial charge in [0.1, 0.15) is 0 Å². The van der Waals surface area contributed by atoms with Crippen molar-refractivity contribution >= 4 is 11.9 Å². The molecule has 0 bridgehead atoms. The van der Waals surface area contributed by atoms with Crippen LogP contribution >= 0.6 is 0 Å². The van der Waals surface area contributed by atoms with Gasteiger partial charge in [-0.15, -0.1) is 0 Å². The molecule has 7 heteroatoms. The molecule has 0 saturated heterocycles. The highest BCUT2D eigenvalue weighted by Gasteiger charge is 2.21. The zero-order valence-electron chi connectivity index (χ0n) is 18.6. The SMILES string of the molecule is CCNC(=NCCC(=O)NCc1ccccc1)N1CCc2cc(OC)c(OC)cc2C1. The van der Waals surface area contributed by atoms with Crippen LogP contribution in [0.15, 0.2) is 47.5 Å². The molecular weight excluding hydrogens is 392 g/mol. The normalized spacial score (nSPS) is 13.4. The molecule has 0 aromatic heterocycles. The average molecular weight is 425 g/mol. The number of ether oxygens (including phenoxy) is 2. The van der Waals surface area contributed by atoms with E-state index in [1.54, 1.807) is 14.2 Å². The molecule has 2 aromatic carbocycles. The summed E-state index contributed by atoms with van der Waals surface area (Å²) in [6.07, 6.45) is 1.26. The molecule has 0 radical (unpaired) electrons. The Morgan fingerprint density at radius 1 is 1.06 bits per heavy atom. The minimum Gasteiger partial charge on any atom is -0.493 e. The van der Waals surface area contributed by atoms with Crippen molar-refractivity contribution in [1.82, 2.24) is 15.5 Å². The minimum absolute atomic E-state index is 0.00396. The monoisotopic (exact) mass is 424 g/mol. The lowest BCUT2D eigenvalue weighted by Gasteiger charge is -2.32. The summed E-state index contributed by atoms with van der Waals surface area (Å²) in [5.74, 6) is 2.33. The molecule has 0 fully saturated rings. The maximum absolute atomic E-state index is 12.2. The average Bonchev–Trinajstić information content (AvgIpc) is 2.81. The minimum atomic E-state index is 0.00396. The number of carbonyl (C=O) groups is 1. The first-order chi connectivity index (χ1) is 15.1. The molecule has 0 saturated carbocycles. The summed E-state index contributed by atoms with van der Waals surface area (Å²) in [7, 11) is 3.31. The van der Waals surface area contributed by atoms with Gasteiger partial charge < -0.3 is 25.0 Å². The Kier molecular flexibility index (Phi) is 8.15. The van der Waals surface area contributed by atoms with Crippen LogP contribution < -0.4 is 20.1 Å². The van der Waals surface area contributed by atoms with Gasteiger partial charge in [0.2, 0.25) is 5.91 Å². The van der Waals surface area contributed by atoms with Crippen molar-refractivity contribution in [2.75, 3.05) is 33.9 Å². The van der Waals surface area contributed by atoms with E-state index in [1.165, 1.54) is 11.1 Å². The number of fused-ring (bicyclic) bond motifs is 1. The van der Waals surface area contributed by atoms with Crippen LogP contribution in [0.5, 0.6) is 11.5 Å². The third kappa shape index (κ3) is 6.13. The van der Waals surface area contributed by atoms with Crippen molar-refractivity contribution in [2.45, 2.75) is 32.9 Å². The molecule has 1 amide bonds. The second-order valence-corrected chi connectivity index (χ2v) is 7.40. The number of hydrogen-bond acceptors (Lipinski definition) is 4. The van der Waals surface area contributed by atoms with Gasteiger partial charge in [-0.3, -0.25) is 9.79 Å². The Morgan fingerprint density at radius 2 is 1.77 bits per heavy atom. The number of rotatable bonds is 8. The van der Waals surface area contributed by atoms with Gasteiger partial charge in [0.25, 0.3) is 0 Å². The Balaban J connectivity index is 1.58. The number of hydrogen-bond donors (Lipinski definition) is 2. The molecule has 0 atom stereocenters. The molecule has 2 aromatic rings. The first kappa shape index (κ1) is 22.5. The van der Waals surface area contributed by atoms with Crippen LogP contribution in [0.2, 0.25) is 0 Å². The van der Waals surface area contributed by atoms with Crippen molar-refractivity contribution in [1.29, 1.82) is 0 Å². The van der Waals surface area contributed by atoms with E-state index in [-0.39, 0.29) is 5.91 Å². The van der Waals surface area contributed by atoms with Crippen molar-refractivity contribution < 1.29 is 14.3 Å². The molecule has 1 heterocycles. The molecule has 0 unspecified atom stereocenters. The van der Waals surface area contributed by atoms with Gasteiger partial charge in [0.15, 0.2) is 17.5 Å². The van der Waals surface area contributed by atoms with E-state index >= 15 is 0 Å². The molecular formula is C24H32N4O3. The quantitative estimate of drug-likeness (QED) is 0.503. The number of carbonyl (C=O) groups excluding carboxylic acids is 1. The lowest BCUT2D eigenvalue weighted by Crippen LogP contribution is -2.44. The zero-order chi connectivity index (χ0) is 22.1. The number of methoxy groups -OCH3 is 2. The Hall–Kier alpha value is -3.22. The van der Waals surface area contributed by atoms with Crippen LogP contribution in [0.3, 0.4) is 0 Å². The van der Waals surface area contributed by atoms with E-state index < -0.39 is 0 Å². The van der Waals surface area contributed by atoms with E-state index in [0.717, 1.165) is 49.1 Å². The smallest absolute Gasteiger partial charge is 0.222 e. The predicted octanol–water partition coefficient (Wildman–Crippen LogP) is 2.73. The summed E-state index contributed by atoms with van der Waals surface area (Å²) in [6, 6.07) is 14.0. The summed E-state index contributed by atoms with van der Waals surface area (Å²) in [5.41, 5.74) is 3.56. The van der Waals surface area contributed by atoms with E-state index in [1.807, 2.05) is 43.3 Å². The van der Waals surface area contributed by atoms with E-state index in [0.29, 0.717) is 19.5 Å². The van der Waals surface area contributed by atoms with Gasteiger partial charge in [-0.1, -0.05) is 30.3 Å². The number of guanidine groups is 1. The van der Waals surface area contributed by atoms with Crippen molar-refractivity contribution in [3.05, 3.63) is 59.2 Å². The molecule has 7 nitrogen and oxygen atoms in total. The summed E-state index contributed by atoms with van der Waals surface area (Å²) in [6.45, 7) is 5.40. The Labute approximate surface area is 184 Å². The fourth-order valence-corrected chi connectivity index (χ4v) is 3.64. The molecule has 0 aliphatic carbocycles. The Bertz CT molecular complexity index is 899. The van der Waals surface area contributed by atoms with Crippen LogP contribution in [0.25, 0.3) is 0 Å². The molecule has 2 N–H and O–H groups in total. The molecule has 1 aliphatic heterocycles. The van der Waals surface area contributed by atoms with Crippen LogP contribution in [-0.2, 0) is 24.3 Å². The van der Waals surface area contributed by atoms with Crippen LogP contribution in [0.4, 0.5) is 0 Å². The largest absolute Gasteiger partial charge is 0.493 e. The molecule has 31 heavy (non-hydrogen) atoms. The van der Waals surface area contributed by atoms with Crippen LogP contribution in [-0.4, -0.2) is 50.6 Å². The predicted molar refractivity (Wildman–Crippen MR) is 123 cm³/mol. The van der Waals surface area contributed by atoms with Gasteiger partial charge in [0.05, 0.1) is 20.8 Å². The van der Waals surface area contributed by atoms with Gasteiger partial charge in [-0.2, -0.15) is 0 Å². The van der Waals surface area contributed by atoms with E-state index in [2.05, 4.69) is 21.6 Å². The summed E-state index contributed by atoms with van der Waals surface area (Å²) < 4.78 is 10.9. The molecule has 0 spiro atoms. The summed E-state index contributed by atoms with van der Waals surface area (Å²) in [5, 5.41) is 6.31. The second-order valence-electron chi connectivity index (χ2n) is 7.40. The number of amides is 1. The highest BCUT2D eigenvalue weighted by Crippen LogP contribution is 2.33. The van der Waals surface area contributed by atoms with Gasteiger partial charge in [-0.05, 0) is 42.2 Å². The number of aliphatic imine (C=N–C) groups is 1. The first-order valence-electron chi connectivity index (χ1n) is 10.7. The lowest BCUT2D eigenvalue weighted by molar-refractivity contribution is -0.121. The van der Waals surface area contributed by atoms with Crippen molar-refractivity contribution in [3.8, 4) is 11.5 Å². The highest BCUT2D eigenvalue weighted by atomic mass is 16.5. The van der Waals surface area contributed by atoms with Crippen LogP contribution in [0, 0.1) is 0 Å². The standard InChI is InChI=1S/C24H32N4O3/c1-4-25-24(26-12-10-23(29)27-16-18-8-6-5-7-9-18)28-13-11-19-14-21(30-2)22(31-3)15-20(19)17-28/h5-9,14-15H,4,10-13,16-17H2,1-3H3,(H,25,26)(H,27,29). The molecule has 3 rings (SSSR count). The van der Waals surface area contributed by atoms with Crippen molar-refractivity contribution in [2.24, 2.45) is 4.99 Å². The second kappa shape index (κ2) is 11.2. The topological polar surface area (TPSA) is 75.2 Å². The number of nitrogens with one attached hydrogen (secondary N) is 2. The van der Waals surface area contributed by atoms with E-state index in [9.17, 15) is 4.79 Å². The van der Waals surface area contributed by atoms with Gasteiger partial charge in [0, 0.05) is 32.6 Å². The van der Waals surface area contributed by atoms with Gasteiger partial charge in [-0.25, -0.2) is 0 Å². The molecule has 166 valence electrons. The maximum atomic E-state index is 12.2. The number of nitrogens with zero attached hydrogens (tertiary/aromatic N) is 2. The van der Waals surface area contributed by atoms with E-state index in [4.69, 9.17) is 14.5 Å². The third-order valence-corrected chi connectivity index (χ3v) is 5.29. The summed E-state index contributed by atoms with van der Waals surface area (Å²) in [4.78, 5) is 19.1. The molecule has 1 aliphatic rings. The fraction of sp³-hybridized carbons (Fsp3) is 0.417. The lowest BCUT2D eigenvalue weighted by atomic mass is 9.99. The number of benzene rings is 2. The third-order valence-electron chi connectivity index (χ3n) is 5.29. The van der Waals surface area contributed by atoms with Crippen LogP contribution in [0.1, 0.15) is 30.0 Å². The highest BCUT2D eigenvalue weighted by molar-refractivity contribution is 5.81. The van der Waals surface area contributed by atoms with Crippen molar-refractivity contribution in [3.63, 3.8) is 0 Å². The zero-order valence-corrected chi connectivity index (χ0v) is 18.6. The maximum Gasteiger partial charge on any atom is 0.222 e. The van der Waals surface area contributed by atoms with Gasteiger partial charge >= 0.3 is 0 Å². The first-order valence-corrected chi connectivity index (χ1v) is 10.7. The fourth-order valence-electron chi connectivity index (χ4n) is 3.64. The Morgan fingerprint density at radius 3 is 2.45 bits per heavy atom.